The highest BCUT2D eigenvalue weighted by atomic mass is 15.3. The molecule has 2 N–H and O–H groups in total. The predicted molar refractivity (Wildman–Crippen MR) is 79.9 cm³/mol. The molecule has 0 radical (unpaired) electrons. The Kier molecular flexibility index (Phi) is 8.06. The minimum absolute atomic E-state index is 0.125. The summed E-state index contributed by atoms with van der Waals surface area (Å²) in [6.07, 6.45) is 12.2. The van der Waals surface area contributed by atoms with Crippen molar-refractivity contribution >= 4 is 5.84 Å². The molecule has 1 aliphatic heterocycles. The van der Waals surface area contributed by atoms with Gasteiger partial charge in [-0.2, -0.15) is 0 Å². The maximum atomic E-state index is 5.93. The van der Waals surface area contributed by atoms with E-state index in [9.17, 15) is 0 Å². The molecule has 1 rings (SSSR count). The molecule has 0 aromatic heterocycles. The molecule has 1 unspecified atom stereocenters. The van der Waals surface area contributed by atoms with Gasteiger partial charge in [-0.1, -0.05) is 51.9 Å². The first-order valence-corrected chi connectivity index (χ1v) is 7.81. The second-order valence-electron chi connectivity index (χ2n) is 5.46. The minimum Gasteiger partial charge on any atom is -0.343 e. The standard InChI is InChI=1S/C15H31N3/c1-3-4-5-6-7-8-9-10-11-15-17-12-13-18(15)14(2)16/h14H,3-13,16H2,1-2H3. The van der Waals surface area contributed by atoms with Crippen molar-refractivity contribution in [3.8, 4) is 0 Å². The number of hydrogen-bond donors (Lipinski definition) is 1. The summed E-state index contributed by atoms with van der Waals surface area (Å²) in [7, 11) is 0. The predicted octanol–water partition coefficient (Wildman–Crippen LogP) is 3.54. The van der Waals surface area contributed by atoms with Crippen LogP contribution in [-0.2, 0) is 0 Å². The van der Waals surface area contributed by atoms with Gasteiger partial charge in [-0.15, -0.1) is 0 Å². The molecule has 18 heavy (non-hydrogen) atoms. The Morgan fingerprint density at radius 3 is 2.33 bits per heavy atom. The second-order valence-corrected chi connectivity index (χ2v) is 5.46. The number of nitrogens with two attached hydrogens (primary N) is 1. The van der Waals surface area contributed by atoms with E-state index in [0.717, 1.165) is 19.5 Å². The third-order valence-electron chi connectivity index (χ3n) is 3.71. The fraction of sp³-hybridized carbons (Fsp3) is 0.933. The molecular formula is C15H31N3. The molecule has 0 amide bonds. The van der Waals surface area contributed by atoms with Gasteiger partial charge in [0, 0.05) is 13.0 Å². The molecule has 0 fully saturated rings. The van der Waals surface area contributed by atoms with Gasteiger partial charge in [0.15, 0.2) is 0 Å². The van der Waals surface area contributed by atoms with Crippen molar-refractivity contribution in [3.05, 3.63) is 0 Å². The molecule has 1 heterocycles. The number of unbranched alkanes of at least 4 members (excludes halogenated alkanes) is 7. The van der Waals surface area contributed by atoms with Gasteiger partial charge in [0.2, 0.25) is 0 Å². The van der Waals surface area contributed by atoms with Crippen LogP contribution < -0.4 is 5.73 Å². The van der Waals surface area contributed by atoms with Crippen molar-refractivity contribution in [2.75, 3.05) is 13.1 Å². The second kappa shape index (κ2) is 9.37. The Bertz CT molecular complexity index is 236. The van der Waals surface area contributed by atoms with E-state index in [1.807, 2.05) is 0 Å². The highest BCUT2D eigenvalue weighted by molar-refractivity contribution is 5.83. The Hall–Kier alpha value is -0.570. The lowest BCUT2D eigenvalue weighted by Gasteiger charge is -2.24. The van der Waals surface area contributed by atoms with Crippen molar-refractivity contribution in [1.82, 2.24) is 4.90 Å². The van der Waals surface area contributed by atoms with E-state index in [2.05, 4.69) is 23.7 Å². The summed E-state index contributed by atoms with van der Waals surface area (Å²) >= 11 is 0. The molecule has 3 nitrogen and oxygen atoms in total. The Morgan fingerprint density at radius 2 is 1.72 bits per heavy atom. The molecule has 0 aromatic carbocycles. The largest absolute Gasteiger partial charge is 0.343 e. The lowest BCUT2D eigenvalue weighted by atomic mass is 10.1. The van der Waals surface area contributed by atoms with Crippen LogP contribution in [0.25, 0.3) is 0 Å². The van der Waals surface area contributed by atoms with Gasteiger partial charge < -0.3 is 10.6 Å². The first kappa shape index (κ1) is 15.5. The van der Waals surface area contributed by atoms with Crippen molar-refractivity contribution in [2.24, 2.45) is 10.7 Å². The van der Waals surface area contributed by atoms with E-state index in [1.54, 1.807) is 0 Å². The van der Waals surface area contributed by atoms with Crippen LogP contribution >= 0.6 is 0 Å². The number of hydrogen-bond acceptors (Lipinski definition) is 3. The summed E-state index contributed by atoms with van der Waals surface area (Å²) in [6, 6.07) is 0. The van der Waals surface area contributed by atoms with Crippen LogP contribution in [0.3, 0.4) is 0 Å². The van der Waals surface area contributed by atoms with Crippen molar-refractivity contribution in [1.29, 1.82) is 0 Å². The van der Waals surface area contributed by atoms with Crippen LogP contribution in [0.15, 0.2) is 4.99 Å². The van der Waals surface area contributed by atoms with Gasteiger partial charge in [0.05, 0.1) is 12.7 Å². The molecule has 3 heteroatoms. The van der Waals surface area contributed by atoms with Gasteiger partial charge in [-0.25, -0.2) is 0 Å². The van der Waals surface area contributed by atoms with Crippen LogP contribution in [0.1, 0.15) is 71.6 Å². The quantitative estimate of drug-likeness (QED) is 0.605. The SMILES string of the molecule is CCCCCCCCCCC1=NCCN1C(C)N. The first-order valence-electron chi connectivity index (χ1n) is 7.81. The number of nitrogens with zero attached hydrogens (tertiary/aromatic N) is 2. The fourth-order valence-corrected chi connectivity index (χ4v) is 2.59. The lowest BCUT2D eigenvalue weighted by Crippen LogP contribution is -2.41. The Labute approximate surface area is 113 Å². The van der Waals surface area contributed by atoms with Crippen molar-refractivity contribution < 1.29 is 0 Å². The van der Waals surface area contributed by atoms with Crippen LogP contribution in [-0.4, -0.2) is 30.0 Å². The molecule has 1 aliphatic rings. The Morgan fingerprint density at radius 1 is 1.11 bits per heavy atom. The highest BCUT2D eigenvalue weighted by Crippen LogP contribution is 2.13. The third-order valence-corrected chi connectivity index (χ3v) is 3.71. The van der Waals surface area contributed by atoms with Crippen LogP contribution in [0, 0.1) is 0 Å². The summed E-state index contributed by atoms with van der Waals surface area (Å²) in [4.78, 5) is 6.81. The number of rotatable bonds is 10. The first-order chi connectivity index (χ1) is 8.75. The molecule has 1 atom stereocenters. The molecule has 0 aliphatic carbocycles. The Balaban J connectivity index is 1.98. The third kappa shape index (κ3) is 5.85. The van der Waals surface area contributed by atoms with Gasteiger partial charge >= 0.3 is 0 Å². The van der Waals surface area contributed by atoms with Crippen LogP contribution in [0.2, 0.25) is 0 Å². The zero-order valence-corrected chi connectivity index (χ0v) is 12.3. The molecule has 0 saturated heterocycles. The van der Waals surface area contributed by atoms with E-state index in [1.165, 1.54) is 57.2 Å². The van der Waals surface area contributed by atoms with E-state index in [-0.39, 0.29) is 6.17 Å². The summed E-state index contributed by atoms with van der Waals surface area (Å²) in [5, 5.41) is 0. The summed E-state index contributed by atoms with van der Waals surface area (Å²) in [5.74, 6) is 1.25. The van der Waals surface area contributed by atoms with Gasteiger partial charge in [0.1, 0.15) is 5.84 Å². The minimum atomic E-state index is 0.125. The maximum Gasteiger partial charge on any atom is 0.100 e. The van der Waals surface area contributed by atoms with E-state index in [0.29, 0.717) is 0 Å². The molecule has 0 spiro atoms. The lowest BCUT2D eigenvalue weighted by molar-refractivity contribution is 0.358. The van der Waals surface area contributed by atoms with Gasteiger partial charge in [-0.3, -0.25) is 4.99 Å². The average Bonchev–Trinajstić information content (AvgIpc) is 2.81. The van der Waals surface area contributed by atoms with Gasteiger partial charge in [0.25, 0.3) is 0 Å². The summed E-state index contributed by atoms with van der Waals surface area (Å²) < 4.78 is 0. The smallest absolute Gasteiger partial charge is 0.100 e. The summed E-state index contributed by atoms with van der Waals surface area (Å²) in [6.45, 7) is 6.28. The fourth-order valence-electron chi connectivity index (χ4n) is 2.59. The zero-order chi connectivity index (χ0) is 13.2. The zero-order valence-electron chi connectivity index (χ0n) is 12.3. The molecular weight excluding hydrogens is 222 g/mol. The van der Waals surface area contributed by atoms with Crippen LogP contribution in [0.5, 0.6) is 0 Å². The van der Waals surface area contributed by atoms with E-state index >= 15 is 0 Å². The topological polar surface area (TPSA) is 41.6 Å². The van der Waals surface area contributed by atoms with Gasteiger partial charge in [-0.05, 0) is 13.3 Å². The van der Waals surface area contributed by atoms with Crippen LogP contribution in [0.4, 0.5) is 0 Å². The molecule has 0 bridgehead atoms. The number of amidine groups is 1. The maximum absolute atomic E-state index is 5.93. The average molecular weight is 253 g/mol. The summed E-state index contributed by atoms with van der Waals surface area (Å²) in [5.41, 5.74) is 5.93. The number of aliphatic imine (C=N–C) groups is 1. The van der Waals surface area contributed by atoms with E-state index < -0.39 is 0 Å². The van der Waals surface area contributed by atoms with E-state index in [4.69, 9.17) is 5.73 Å². The highest BCUT2D eigenvalue weighted by Gasteiger charge is 2.18. The molecule has 106 valence electrons. The van der Waals surface area contributed by atoms with Crippen molar-refractivity contribution in [3.63, 3.8) is 0 Å². The monoisotopic (exact) mass is 253 g/mol. The normalized spacial score (nSPS) is 17.1. The molecule has 0 saturated carbocycles. The molecule has 0 aromatic rings. The van der Waals surface area contributed by atoms with Crippen molar-refractivity contribution in [2.45, 2.75) is 77.8 Å².